The summed E-state index contributed by atoms with van der Waals surface area (Å²) in [4.78, 5) is 13.5. The predicted octanol–water partition coefficient (Wildman–Crippen LogP) is 2.60. The average molecular weight is 407 g/mol. The van der Waals surface area contributed by atoms with Crippen LogP contribution in [0, 0.1) is 0 Å². The van der Waals surface area contributed by atoms with Crippen LogP contribution in [0.5, 0.6) is 0 Å². The first kappa shape index (κ1) is 22.0. The van der Waals surface area contributed by atoms with Gasteiger partial charge in [-0.05, 0) is 62.0 Å². The largest absolute Gasteiger partial charge is 0.478 e. The second kappa shape index (κ2) is 9.29. The van der Waals surface area contributed by atoms with Crippen LogP contribution in [0.25, 0.3) is 11.1 Å². The maximum absolute atomic E-state index is 12.6. The molecule has 0 aliphatic rings. The number of carboxylic acids is 1. The zero-order valence-corrected chi connectivity index (χ0v) is 17.3. The third kappa shape index (κ3) is 5.39. The minimum absolute atomic E-state index is 0.0873. The zero-order valence-electron chi connectivity index (χ0n) is 16.5. The summed E-state index contributed by atoms with van der Waals surface area (Å²) >= 11 is 0. The highest BCUT2D eigenvalue weighted by Crippen LogP contribution is 2.28. The van der Waals surface area contributed by atoms with Gasteiger partial charge in [0.15, 0.2) is 0 Å². The van der Waals surface area contributed by atoms with E-state index in [1.54, 1.807) is 0 Å². The van der Waals surface area contributed by atoms with E-state index in [0.717, 1.165) is 17.2 Å². The fraction of sp³-hybridized carbons (Fsp3) is 0.350. The lowest BCUT2D eigenvalue weighted by Crippen LogP contribution is -2.27. The van der Waals surface area contributed by atoms with Gasteiger partial charge in [-0.25, -0.2) is 17.9 Å². The molecule has 0 spiro atoms. The molecule has 1 atom stereocenters. The number of ether oxygens (including phenoxy) is 1. The van der Waals surface area contributed by atoms with Crippen molar-refractivity contribution >= 4 is 16.0 Å². The van der Waals surface area contributed by atoms with Crippen molar-refractivity contribution in [3.05, 3.63) is 53.6 Å². The van der Waals surface area contributed by atoms with Crippen LogP contribution in [0.15, 0.2) is 47.4 Å². The first-order chi connectivity index (χ1) is 13.2. The molecule has 0 fully saturated rings. The van der Waals surface area contributed by atoms with E-state index in [1.807, 2.05) is 38.4 Å². The molecular weight excluding hydrogens is 380 g/mol. The molecule has 0 amide bonds. The Bertz CT molecular complexity index is 941. The van der Waals surface area contributed by atoms with Crippen LogP contribution in [0.2, 0.25) is 0 Å². The van der Waals surface area contributed by atoms with Gasteiger partial charge in [-0.2, -0.15) is 0 Å². The number of nitrogens with one attached hydrogen (secondary N) is 1. The first-order valence-electron chi connectivity index (χ1n) is 8.79. The normalized spacial score (nSPS) is 12.9. The molecule has 0 heterocycles. The summed E-state index contributed by atoms with van der Waals surface area (Å²) in [6.45, 7) is 2.37. The van der Waals surface area contributed by atoms with Crippen molar-refractivity contribution in [1.29, 1.82) is 0 Å². The van der Waals surface area contributed by atoms with Crippen molar-refractivity contribution in [2.24, 2.45) is 0 Å². The Labute approximate surface area is 166 Å². The Morgan fingerprint density at radius 3 is 2.50 bits per heavy atom. The Morgan fingerprint density at radius 2 is 1.89 bits per heavy atom. The highest BCUT2D eigenvalue weighted by molar-refractivity contribution is 7.89. The molecule has 0 bridgehead atoms. The monoisotopic (exact) mass is 406 g/mol. The maximum Gasteiger partial charge on any atom is 0.335 e. The van der Waals surface area contributed by atoms with Crippen LogP contribution in [-0.2, 0) is 14.8 Å². The topological polar surface area (TPSA) is 95.9 Å². The van der Waals surface area contributed by atoms with E-state index < -0.39 is 16.0 Å². The number of aromatic carboxylic acids is 1. The van der Waals surface area contributed by atoms with Crippen molar-refractivity contribution in [2.75, 3.05) is 34.4 Å². The molecule has 0 saturated heterocycles. The van der Waals surface area contributed by atoms with E-state index in [9.17, 15) is 18.3 Å². The summed E-state index contributed by atoms with van der Waals surface area (Å²) < 4.78 is 32.4. The van der Waals surface area contributed by atoms with E-state index >= 15 is 0 Å². The van der Waals surface area contributed by atoms with Gasteiger partial charge in [0, 0.05) is 19.7 Å². The van der Waals surface area contributed by atoms with Crippen molar-refractivity contribution in [3.63, 3.8) is 0 Å². The summed E-state index contributed by atoms with van der Waals surface area (Å²) in [6, 6.07) is 11.9. The lowest BCUT2D eigenvalue weighted by Gasteiger charge is -2.21. The third-order valence-corrected chi connectivity index (χ3v) is 5.98. The molecule has 2 rings (SSSR count). The number of hydrogen-bond donors (Lipinski definition) is 2. The van der Waals surface area contributed by atoms with Gasteiger partial charge in [0.25, 0.3) is 0 Å². The zero-order chi connectivity index (χ0) is 20.9. The fourth-order valence-electron chi connectivity index (χ4n) is 2.68. The molecule has 0 saturated carbocycles. The van der Waals surface area contributed by atoms with Crippen LogP contribution in [0.4, 0.5) is 0 Å². The molecule has 28 heavy (non-hydrogen) atoms. The second-order valence-corrected chi connectivity index (χ2v) is 8.47. The van der Waals surface area contributed by atoms with Crippen molar-refractivity contribution in [2.45, 2.75) is 17.9 Å². The average Bonchev–Trinajstić information content (AvgIpc) is 2.67. The Hall–Kier alpha value is -2.26. The SMILES string of the molecule is COCCNS(=O)(=O)c1cc(C(=O)O)cc(-c2cccc([C@@H](C)N(C)C)c2)c1. The highest BCUT2D eigenvalue weighted by atomic mass is 32.2. The molecule has 0 aliphatic carbocycles. The van der Waals surface area contributed by atoms with Crippen LogP contribution in [0.1, 0.15) is 28.9 Å². The van der Waals surface area contributed by atoms with Crippen LogP contribution in [0.3, 0.4) is 0 Å². The standard InChI is InChI=1S/C20H26N2O5S/c1-14(22(2)3)15-6-5-7-16(10-15)17-11-18(20(23)24)13-19(12-17)28(25,26)21-8-9-27-4/h5-7,10-14,21H,8-9H2,1-4H3,(H,23,24)/t14-/m1/s1. The van der Waals surface area contributed by atoms with Crippen LogP contribution < -0.4 is 4.72 Å². The molecule has 0 aliphatic heterocycles. The minimum Gasteiger partial charge on any atom is -0.478 e. The molecule has 152 valence electrons. The van der Waals surface area contributed by atoms with Gasteiger partial charge in [0.2, 0.25) is 10.0 Å². The third-order valence-electron chi connectivity index (χ3n) is 4.54. The highest BCUT2D eigenvalue weighted by Gasteiger charge is 2.19. The number of nitrogens with zero attached hydrogens (tertiary/aromatic N) is 1. The predicted molar refractivity (Wildman–Crippen MR) is 108 cm³/mol. The van der Waals surface area contributed by atoms with Crippen molar-refractivity contribution < 1.29 is 23.1 Å². The number of carboxylic acid groups (broad SMARTS) is 1. The number of rotatable bonds is 9. The van der Waals surface area contributed by atoms with Crippen LogP contribution >= 0.6 is 0 Å². The van der Waals surface area contributed by atoms with Gasteiger partial charge < -0.3 is 14.7 Å². The Balaban J connectivity index is 2.52. The van der Waals surface area contributed by atoms with E-state index in [0.29, 0.717) is 5.56 Å². The molecule has 2 aromatic rings. The Kier molecular flexibility index (Phi) is 7.31. The molecule has 2 aromatic carbocycles. The molecule has 0 unspecified atom stereocenters. The Morgan fingerprint density at radius 1 is 1.18 bits per heavy atom. The van der Waals surface area contributed by atoms with Gasteiger partial charge in [-0.1, -0.05) is 18.2 Å². The lowest BCUT2D eigenvalue weighted by atomic mass is 9.98. The number of carbonyl (C=O) groups is 1. The molecule has 2 N–H and O–H groups in total. The smallest absolute Gasteiger partial charge is 0.335 e. The van der Waals surface area contributed by atoms with E-state index in [2.05, 4.69) is 16.5 Å². The summed E-state index contributed by atoms with van der Waals surface area (Å²) in [6.07, 6.45) is 0. The molecule has 0 radical (unpaired) electrons. The van der Waals surface area contributed by atoms with E-state index in [-0.39, 0.29) is 29.7 Å². The van der Waals surface area contributed by atoms with Gasteiger partial charge in [-0.3, -0.25) is 0 Å². The maximum atomic E-state index is 12.6. The number of sulfonamides is 1. The summed E-state index contributed by atoms with van der Waals surface area (Å²) in [5, 5.41) is 9.43. The molecule has 0 aromatic heterocycles. The number of benzene rings is 2. The van der Waals surface area contributed by atoms with E-state index in [1.165, 1.54) is 19.2 Å². The van der Waals surface area contributed by atoms with Crippen LogP contribution in [-0.4, -0.2) is 58.8 Å². The van der Waals surface area contributed by atoms with Crippen molar-refractivity contribution in [3.8, 4) is 11.1 Å². The quantitative estimate of drug-likeness (QED) is 0.622. The molecular formula is C20H26N2O5S. The van der Waals surface area contributed by atoms with E-state index in [4.69, 9.17) is 4.74 Å². The fourth-order valence-corrected chi connectivity index (χ4v) is 3.76. The number of methoxy groups -OCH3 is 1. The second-order valence-electron chi connectivity index (χ2n) is 6.71. The minimum atomic E-state index is -3.86. The first-order valence-corrected chi connectivity index (χ1v) is 10.3. The van der Waals surface area contributed by atoms with Gasteiger partial charge in [0.1, 0.15) is 0 Å². The molecule has 8 heteroatoms. The van der Waals surface area contributed by atoms with Gasteiger partial charge in [-0.15, -0.1) is 0 Å². The van der Waals surface area contributed by atoms with Gasteiger partial charge >= 0.3 is 5.97 Å². The summed E-state index contributed by atoms with van der Waals surface area (Å²) in [5.74, 6) is -1.19. The number of hydrogen-bond acceptors (Lipinski definition) is 5. The summed E-state index contributed by atoms with van der Waals surface area (Å²) in [7, 11) is 1.55. The summed E-state index contributed by atoms with van der Waals surface area (Å²) in [5.41, 5.74) is 2.24. The van der Waals surface area contributed by atoms with Gasteiger partial charge in [0.05, 0.1) is 17.1 Å². The molecule has 7 nitrogen and oxygen atoms in total. The van der Waals surface area contributed by atoms with Crippen molar-refractivity contribution in [1.82, 2.24) is 9.62 Å². The lowest BCUT2D eigenvalue weighted by molar-refractivity contribution is 0.0696.